The molecule has 6 rings (SSSR count). The molecule has 0 aliphatic carbocycles. The van der Waals surface area contributed by atoms with Crippen LogP contribution in [-0.2, 0) is 9.53 Å². The number of methoxy groups -OCH3 is 1. The van der Waals surface area contributed by atoms with E-state index in [1.165, 1.54) is 11.9 Å². The number of nitrogens with zero attached hydrogens (tertiary/aromatic N) is 6. The summed E-state index contributed by atoms with van der Waals surface area (Å²) in [6.07, 6.45) is 4.75. The Morgan fingerprint density at radius 1 is 0.940 bits per heavy atom. The van der Waals surface area contributed by atoms with Crippen molar-refractivity contribution in [3.05, 3.63) is 102 Å². The summed E-state index contributed by atoms with van der Waals surface area (Å²) in [7, 11) is 3.09. The van der Waals surface area contributed by atoms with Crippen LogP contribution in [0.15, 0.2) is 85.3 Å². The number of rotatable bonds is 6. The Hall–Kier alpha value is -6.28. The quantitative estimate of drug-likeness (QED) is 0.190. The van der Waals surface area contributed by atoms with Crippen molar-refractivity contribution in [2.24, 2.45) is 0 Å². The van der Waals surface area contributed by atoms with E-state index in [-0.39, 0.29) is 5.82 Å². The minimum Gasteiger partial charge on any atom is -0.481 e. The Balaban J connectivity index is 1.47. The molecule has 1 N–H and O–H groups in total. The third-order valence-corrected chi connectivity index (χ3v) is 8.08. The molecule has 0 spiro atoms. The Bertz CT molecular complexity index is 2310. The lowest BCUT2D eigenvalue weighted by Crippen LogP contribution is -2.45. The van der Waals surface area contributed by atoms with E-state index in [1.54, 1.807) is 53.3 Å². The molecule has 0 saturated heterocycles. The molecule has 0 bridgehead atoms. The lowest BCUT2D eigenvalue weighted by Gasteiger charge is -2.28. The number of benzene rings is 1. The molecule has 5 heterocycles. The minimum atomic E-state index is -0.847. The standard InChI is InChI=1S/C39H37N7O4/c1-24-28-15-13-26(23-27(28)19-21-40-24)14-17-31-29(16-18-32(42-31)43-36(47)25(2)45(6)38(48)50-39(3,4)5)35-34(30-11-10-20-41-37(30)49-7)44-33-12-8-9-22-46(33)35/h8-13,15-16,18-23,25H,1-7H3,(H,42,43,47). The van der Waals surface area contributed by atoms with Crippen LogP contribution in [0.1, 0.15) is 44.6 Å². The molecule has 252 valence electrons. The molecule has 11 heteroatoms. The van der Waals surface area contributed by atoms with Gasteiger partial charge in [0.15, 0.2) is 0 Å². The topological polar surface area (TPSA) is 124 Å². The number of pyridine rings is 4. The predicted octanol–water partition coefficient (Wildman–Crippen LogP) is 6.92. The number of carbonyl (C=O) groups excluding carboxylic acids is 2. The zero-order chi connectivity index (χ0) is 35.6. The zero-order valence-electron chi connectivity index (χ0n) is 29.0. The fourth-order valence-corrected chi connectivity index (χ4v) is 5.43. The number of hydrogen-bond donors (Lipinski definition) is 1. The monoisotopic (exact) mass is 667 g/mol. The van der Waals surface area contributed by atoms with Crippen LogP contribution >= 0.6 is 0 Å². The van der Waals surface area contributed by atoms with Gasteiger partial charge in [0.2, 0.25) is 11.8 Å². The number of amides is 2. The van der Waals surface area contributed by atoms with Crippen LogP contribution in [0.25, 0.3) is 38.9 Å². The highest BCUT2D eigenvalue weighted by molar-refractivity contribution is 5.96. The molecule has 0 radical (unpaired) electrons. The Morgan fingerprint density at radius 2 is 1.76 bits per heavy atom. The minimum absolute atomic E-state index is 0.266. The van der Waals surface area contributed by atoms with Gasteiger partial charge < -0.3 is 14.8 Å². The number of hydrogen-bond acceptors (Lipinski definition) is 8. The number of anilines is 1. The molecule has 2 amide bonds. The summed E-state index contributed by atoms with van der Waals surface area (Å²) in [5.41, 5.74) is 4.84. The second-order valence-corrected chi connectivity index (χ2v) is 12.7. The Morgan fingerprint density at radius 3 is 2.54 bits per heavy atom. The third-order valence-electron chi connectivity index (χ3n) is 8.08. The highest BCUT2D eigenvalue weighted by Gasteiger charge is 2.28. The van der Waals surface area contributed by atoms with Crippen LogP contribution in [0.4, 0.5) is 10.6 Å². The van der Waals surface area contributed by atoms with Gasteiger partial charge in [-0.15, -0.1) is 0 Å². The van der Waals surface area contributed by atoms with Gasteiger partial charge in [-0.2, -0.15) is 0 Å². The maximum atomic E-state index is 13.4. The molecule has 1 unspecified atom stereocenters. The van der Waals surface area contributed by atoms with Crippen LogP contribution in [0.3, 0.4) is 0 Å². The summed E-state index contributed by atoms with van der Waals surface area (Å²) >= 11 is 0. The molecule has 0 saturated carbocycles. The van der Waals surface area contributed by atoms with Gasteiger partial charge in [0.05, 0.1) is 18.4 Å². The van der Waals surface area contributed by atoms with E-state index in [0.717, 1.165) is 27.7 Å². The normalized spacial score (nSPS) is 11.8. The maximum Gasteiger partial charge on any atom is 0.410 e. The Labute approximate surface area is 290 Å². The molecular weight excluding hydrogens is 630 g/mol. The highest BCUT2D eigenvalue weighted by atomic mass is 16.6. The van der Waals surface area contributed by atoms with Crippen molar-refractivity contribution in [3.8, 4) is 40.2 Å². The lowest BCUT2D eigenvalue weighted by atomic mass is 10.0. The van der Waals surface area contributed by atoms with Gasteiger partial charge in [-0.3, -0.25) is 19.1 Å². The number of carbonyl (C=O) groups is 2. The fourth-order valence-electron chi connectivity index (χ4n) is 5.43. The number of aryl methyl sites for hydroxylation is 1. The van der Waals surface area contributed by atoms with Crippen molar-refractivity contribution in [1.29, 1.82) is 0 Å². The number of likely N-dealkylation sites (N-methyl/N-ethyl adjacent to an activating group) is 1. The number of fused-ring (bicyclic) bond motifs is 2. The molecule has 6 aromatic rings. The molecule has 0 fully saturated rings. The number of aromatic nitrogens is 5. The fraction of sp³-hybridized carbons (Fsp3) is 0.231. The van der Waals surface area contributed by atoms with E-state index < -0.39 is 23.6 Å². The van der Waals surface area contributed by atoms with Crippen molar-refractivity contribution in [1.82, 2.24) is 29.2 Å². The molecule has 0 aliphatic rings. The van der Waals surface area contributed by atoms with Crippen molar-refractivity contribution in [2.45, 2.75) is 46.3 Å². The SMILES string of the molecule is COc1ncccc1-c1nc2ccccn2c1-c1ccc(NC(=O)C(C)N(C)C(=O)OC(C)(C)C)nc1C#Cc1ccc2c(C)nccc2c1. The van der Waals surface area contributed by atoms with Gasteiger partial charge in [-0.05, 0) is 101 Å². The van der Waals surface area contributed by atoms with E-state index in [1.807, 2.05) is 78.2 Å². The predicted molar refractivity (Wildman–Crippen MR) is 193 cm³/mol. The van der Waals surface area contributed by atoms with E-state index in [0.29, 0.717) is 34.0 Å². The highest BCUT2D eigenvalue weighted by Crippen LogP contribution is 2.38. The largest absolute Gasteiger partial charge is 0.481 e. The average Bonchev–Trinajstić information content (AvgIpc) is 3.48. The second-order valence-electron chi connectivity index (χ2n) is 12.7. The van der Waals surface area contributed by atoms with Crippen LogP contribution in [0.2, 0.25) is 0 Å². The zero-order valence-corrected chi connectivity index (χ0v) is 29.0. The van der Waals surface area contributed by atoms with Crippen molar-refractivity contribution in [3.63, 3.8) is 0 Å². The van der Waals surface area contributed by atoms with Gasteiger partial charge in [0.25, 0.3) is 0 Å². The van der Waals surface area contributed by atoms with Crippen molar-refractivity contribution < 1.29 is 19.1 Å². The molecule has 5 aromatic heterocycles. The summed E-state index contributed by atoms with van der Waals surface area (Å²) in [6, 6.07) is 20.1. The molecular formula is C39H37N7O4. The average molecular weight is 668 g/mol. The van der Waals surface area contributed by atoms with Crippen LogP contribution in [0, 0.1) is 18.8 Å². The summed E-state index contributed by atoms with van der Waals surface area (Å²) in [5, 5.41) is 4.93. The van der Waals surface area contributed by atoms with Gasteiger partial charge in [-0.1, -0.05) is 18.1 Å². The van der Waals surface area contributed by atoms with Crippen LogP contribution < -0.4 is 10.1 Å². The first-order chi connectivity index (χ1) is 23.9. The van der Waals surface area contributed by atoms with Crippen LogP contribution in [0.5, 0.6) is 5.88 Å². The molecule has 1 aromatic carbocycles. The van der Waals surface area contributed by atoms with Crippen LogP contribution in [-0.4, -0.2) is 67.0 Å². The van der Waals surface area contributed by atoms with E-state index in [9.17, 15) is 9.59 Å². The third kappa shape index (κ3) is 6.96. The molecule has 11 nitrogen and oxygen atoms in total. The summed E-state index contributed by atoms with van der Waals surface area (Å²) < 4.78 is 13.0. The maximum absolute atomic E-state index is 13.4. The van der Waals surface area contributed by atoms with Crippen molar-refractivity contribution in [2.75, 3.05) is 19.5 Å². The molecule has 0 aliphatic heterocycles. The Kier molecular flexibility index (Phi) is 9.20. The lowest BCUT2D eigenvalue weighted by molar-refractivity contribution is -0.120. The smallest absolute Gasteiger partial charge is 0.410 e. The van der Waals surface area contributed by atoms with Crippen molar-refractivity contribution >= 4 is 34.2 Å². The van der Waals surface area contributed by atoms with E-state index in [2.05, 4.69) is 27.1 Å². The van der Waals surface area contributed by atoms with E-state index >= 15 is 0 Å². The number of nitrogens with one attached hydrogen (secondary N) is 1. The summed E-state index contributed by atoms with van der Waals surface area (Å²) in [4.78, 5) is 45.9. The first kappa shape index (κ1) is 33.6. The van der Waals surface area contributed by atoms with Gasteiger partial charge >= 0.3 is 6.09 Å². The second kappa shape index (κ2) is 13.7. The molecule has 50 heavy (non-hydrogen) atoms. The van der Waals surface area contributed by atoms with E-state index in [4.69, 9.17) is 19.4 Å². The number of imidazole rings is 1. The molecule has 1 atom stereocenters. The summed E-state index contributed by atoms with van der Waals surface area (Å²) in [5.74, 6) is 6.81. The van der Waals surface area contributed by atoms with Gasteiger partial charge in [0, 0.05) is 47.8 Å². The summed E-state index contributed by atoms with van der Waals surface area (Å²) in [6.45, 7) is 8.91. The number of ether oxygens (including phenoxy) is 2. The first-order valence-corrected chi connectivity index (χ1v) is 16.1. The first-order valence-electron chi connectivity index (χ1n) is 16.1. The van der Waals surface area contributed by atoms with Gasteiger partial charge in [-0.25, -0.2) is 19.7 Å². The van der Waals surface area contributed by atoms with Gasteiger partial charge in [0.1, 0.15) is 34.5 Å².